The van der Waals surface area contributed by atoms with Crippen LogP contribution in [0.1, 0.15) is 17.8 Å². The van der Waals surface area contributed by atoms with E-state index in [0.29, 0.717) is 17.2 Å². The smallest absolute Gasteiger partial charge is 0.481 e. The number of hydrogen-bond donors (Lipinski definition) is 2. The van der Waals surface area contributed by atoms with E-state index in [1.54, 1.807) is 29.1 Å². The van der Waals surface area contributed by atoms with Crippen LogP contribution in [0.15, 0.2) is 42.6 Å². The van der Waals surface area contributed by atoms with Crippen LogP contribution in [0.25, 0.3) is 5.69 Å². The normalized spacial score (nSPS) is 14.0. The highest BCUT2D eigenvalue weighted by Gasteiger charge is 2.43. The number of alkyl halides is 2. The minimum Gasteiger partial charge on any atom is -0.481 e. The van der Waals surface area contributed by atoms with Crippen LogP contribution < -0.4 is 14.8 Å². The van der Waals surface area contributed by atoms with Gasteiger partial charge in [0.05, 0.1) is 12.1 Å². The van der Waals surface area contributed by atoms with Crippen LogP contribution in [0, 0.1) is 6.92 Å². The number of carbonyl (C=O) groups is 1. The van der Waals surface area contributed by atoms with Crippen LogP contribution in [0.5, 0.6) is 11.5 Å². The number of rotatable bonds is 6. The fourth-order valence-corrected chi connectivity index (χ4v) is 2.95. The Morgan fingerprint density at radius 2 is 2.00 bits per heavy atom. The van der Waals surface area contributed by atoms with Gasteiger partial charge in [-0.05, 0) is 31.2 Å². The zero-order chi connectivity index (χ0) is 20.6. The molecule has 1 aliphatic heterocycles. The molecule has 29 heavy (non-hydrogen) atoms. The van der Waals surface area contributed by atoms with Gasteiger partial charge in [-0.15, -0.1) is 13.9 Å². The van der Waals surface area contributed by atoms with Crippen molar-refractivity contribution in [2.45, 2.75) is 26.1 Å². The first-order chi connectivity index (χ1) is 13.8. The maximum absolute atomic E-state index is 13.2. The lowest BCUT2D eigenvalue weighted by atomic mass is 10.2. The highest BCUT2D eigenvalue weighted by molar-refractivity contribution is 5.67. The van der Waals surface area contributed by atoms with Crippen LogP contribution >= 0.6 is 0 Å². The molecule has 1 aromatic carbocycles. The van der Waals surface area contributed by atoms with Gasteiger partial charge in [-0.3, -0.25) is 9.78 Å². The Bertz CT molecular complexity index is 1080. The van der Waals surface area contributed by atoms with Gasteiger partial charge in [-0.1, -0.05) is 0 Å². The number of carboxylic acids is 1. The number of ether oxygens (including phenoxy) is 2. The summed E-state index contributed by atoms with van der Waals surface area (Å²) in [5, 5.41) is 16.5. The number of anilines is 2. The second kappa shape index (κ2) is 7.04. The molecule has 2 N–H and O–H groups in total. The Hall–Kier alpha value is -3.69. The minimum atomic E-state index is -3.69. The summed E-state index contributed by atoms with van der Waals surface area (Å²) < 4.78 is 36.8. The standard InChI is InChI=1S/C19H16F2N4O4/c1-11-8-14(6-7-22-11)25-13(3-5-18(26)27)10-17(24-25)23-12-2-4-15-16(9-12)29-19(20,21)28-15/h2,4,6-10H,3,5H2,1H3,(H,23,24)(H,26,27). The van der Waals surface area contributed by atoms with Gasteiger partial charge in [0, 0.05) is 41.8 Å². The van der Waals surface area contributed by atoms with Crippen molar-refractivity contribution >= 4 is 17.5 Å². The molecule has 4 rings (SSSR count). The number of nitrogens with one attached hydrogen (secondary N) is 1. The molecule has 0 saturated carbocycles. The molecule has 0 aliphatic carbocycles. The predicted octanol–water partition coefficient (Wildman–Crippen LogP) is 3.66. The topological polar surface area (TPSA) is 98.5 Å². The monoisotopic (exact) mass is 402 g/mol. The van der Waals surface area contributed by atoms with Gasteiger partial charge in [-0.2, -0.15) is 0 Å². The third-order valence-electron chi connectivity index (χ3n) is 4.18. The number of aliphatic carboxylic acids is 1. The zero-order valence-corrected chi connectivity index (χ0v) is 15.2. The van der Waals surface area contributed by atoms with E-state index >= 15 is 0 Å². The summed E-state index contributed by atoms with van der Waals surface area (Å²) in [6.07, 6.45) is -1.85. The Morgan fingerprint density at radius 3 is 2.76 bits per heavy atom. The Morgan fingerprint density at radius 1 is 1.21 bits per heavy atom. The molecule has 150 valence electrons. The summed E-state index contributed by atoms with van der Waals surface area (Å²) in [5.41, 5.74) is 2.66. The van der Waals surface area contributed by atoms with Crippen LogP contribution in [0.4, 0.5) is 20.3 Å². The van der Waals surface area contributed by atoms with Gasteiger partial charge in [0.1, 0.15) is 0 Å². The summed E-state index contributed by atoms with van der Waals surface area (Å²) in [4.78, 5) is 15.1. The van der Waals surface area contributed by atoms with E-state index in [0.717, 1.165) is 11.4 Å². The van der Waals surface area contributed by atoms with Crippen molar-refractivity contribution in [3.05, 3.63) is 54.0 Å². The lowest BCUT2D eigenvalue weighted by molar-refractivity contribution is -0.286. The lowest BCUT2D eigenvalue weighted by Crippen LogP contribution is -2.25. The molecule has 0 saturated heterocycles. The summed E-state index contributed by atoms with van der Waals surface area (Å²) in [6.45, 7) is 1.84. The first-order valence-corrected chi connectivity index (χ1v) is 8.70. The molecule has 8 nitrogen and oxygen atoms in total. The number of aromatic nitrogens is 3. The van der Waals surface area contributed by atoms with Crippen molar-refractivity contribution in [1.29, 1.82) is 0 Å². The van der Waals surface area contributed by atoms with Crippen molar-refractivity contribution in [1.82, 2.24) is 14.8 Å². The number of carboxylic acid groups (broad SMARTS) is 1. The van der Waals surface area contributed by atoms with Gasteiger partial charge in [0.25, 0.3) is 0 Å². The quantitative estimate of drug-likeness (QED) is 0.649. The summed E-state index contributed by atoms with van der Waals surface area (Å²) in [7, 11) is 0. The molecule has 0 radical (unpaired) electrons. The predicted molar refractivity (Wildman–Crippen MR) is 98.0 cm³/mol. The third-order valence-corrected chi connectivity index (χ3v) is 4.18. The van der Waals surface area contributed by atoms with Crippen molar-refractivity contribution in [3.63, 3.8) is 0 Å². The number of nitrogens with zero attached hydrogens (tertiary/aromatic N) is 3. The maximum atomic E-state index is 13.2. The first kappa shape index (κ1) is 18.7. The summed E-state index contributed by atoms with van der Waals surface area (Å²) in [5.74, 6) is -0.642. The maximum Gasteiger partial charge on any atom is 0.586 e. The van der Waals surface area contributed by atoms with E-state index in [-0.39, 0.29) is 24.3 Å². The van der Waals surface area contributed by atoms with Crippen molar-refractivity contribution in [2.75, 3.05) is 5.32 Å². The van der Waals surface area contributed by atoms with Gasteiger partial charge >= 0.3 is 12.3 Å². The molecular formula is C19H16F2N4O4. The highest BCUT2D eigenvalue weighted by Crippen LogP contribution is 2.42. The molecule has 0 unspecified atom stereocenters. The Kier molecular flexibility index (Phi) is 4.53. The lowest BCUT2D eigenvalue weighted by Gasteiger charge is -2.07. The average Bonchev–Trinajstić information content (AvgIpc) is 3.18. The largest absolute Gasteiger partial charge is 0.586 e. The van der Waals surface area contributed by atoms with Crippen LogP contribution in [0.3, 0.4) is 0 Å². The van der Waals surface area contributed by atoms with Gasteiger partial charge < -0.3 is 19.9 Å². The van der Waals surface area contributed by atoms with Gasteiger partial charge in [-0.25, -0.2) is 4.68 Å². The molecule has 3 aromatic rings. The van der Waals surface area contributed by atoms with Crippen molar-refractivity contribution < 1.29 is 28.2 Å². The first-order valence-electron chi connectivity index (χ1n) is 8.70. The SMILES string of the molecule is Cc1cc(-n2nc(Nc3ccc4c(c3)OC(F)(F)O4)cc2CCC(=O)O)ccn1. The van der Waals surface area contributed by atoms with E-state index < -0.39 is 12.3 Å². The molecule has 2 aromatic heterocycles. The molecule has 0 bridgehead atoms. The zero-order valence-electron chi connectivity index (χ0n) is 15.2. The van der Waals surface area contributed by atoms with Gasteiger partial charge in [0.2, 0.25) is 0 Å². The molecule has 0 amide bonds. The number of aryl methyl sites for hydroxylation is 2. The molecule has 0 atom stereocenters. The minimum absolute atomic E-state index is 0.0551. The van der Waals surface area contributed by atoms with E-state index in [2.05, 4.69) is 24.9 Å². The Balaban J connectivity index is 1.63. The average molecular weight is 402 g/mol. The number of fused-ring (bicyclic) bond motifs is 1. The second-order valence-corrected chi connectivity index (χ2v) is 6.44. The van der Waals surface area contributed by atoms with Crippen LogP contribution in [0.2, 0.25) is 0 Å². The van der Waals surface area contributed by atoms with Crippen LogP contribution in [-0.2, 0) is 11.2 Å². The highest BCUT2D eigenvalue weighted by atomic mass is 19.3. The summed E-state index contributed by atoms with van der Waals surface area (Å²) in [6, 6.07) is 9.59. The molecule has 3 heterocycles. The summed E-state index contributed by atoms with van der Waals surface area (Å²) >= 11 is 0. The van der Waals surface area contributed by atoms with Crippen molar-refractivity contribution in [3.8, 4) is 17.2 Å². The second-order valence-electron chi connectivity index (χ2n) is 6.44. The molecule has 0 spiro atoms. The van der Waals surface area contributed by atoms with Gasteiger partial charge in [0.15, 0.2) is 17.3 Å². The molecular weight excluding hydrogens is 386 g/mol. The fourth-order valence-electron chi connectivity index (χ4n) is 2.95. The molecule has 1 aliphatic rings. The number of pyridine rings is 1. The fraction of sp³-hybridized carbons (Fsp3) is 0.211. The Labute approximate surface area is 163 Å². The molecule has 0 fully saturated rings. The van der Waals surface area contributed by atoms with Crippen molar-refractivity contribution in [2.24, 2.45) is 0 Å². The third kappa shape index (κ3) is 4.10. The number of halogens is 2. The molecule has 10 heteroatoms. The van der Waals surface area contributed by atoms with E-state index in [1.165, 1.54) is 12.1 Å². The number of benzene rings is 1. The number of hydrogen-bond acceptors (Lipinski definition) is 6. The van der Waals surface area contributed by atoms with E-state index in [4.69, 9.17) is 5.11 Å². The van der Waals surface area contributed by atoms with Crippen LogP contribution in [-0.4, -0.2) is 32.1 Å². The van der Waals surface area contributed by atoms with E-state index in [1.807, 2.05) is 13.0 Å². The van der Waals surface area contributed by atoms with E-state index in [9.17, 15) is 13.6 Å².